The molecule has 1 aliphatic rings. The Morgan fingerprint density at radius 2 is 1.89 bits per heavy atom. The lowest BCUT2D eigenvalue weighted by molar-refractivity contribution is -0.140. The minimum absolute atomic E-state index is 0.0208. The van der Waals surface area contributed by atoms with Crippen LogP contribution in [0.15, 0.2) is 18.5 Å². The van der Waals surface area contributed by atoms with E-state index in [0.717, 1.165) is 52.2 Å². The molecule has 4 aromatic rings. The summed E-state index contributed by atoms with van der Waals surface area (Å²) in [6.07, 6.45) is 2.03. The first-order valence-electron chi connectivity index (χ1n) is 8.84. The van der Waals surface area contributed by atoms with E-state index >= 15 is 0 Å². The Morgan fingerprint density at radius 1 is 1.11 bits per heavy atom. The van der Waals surface area contributed by atoms with Crippen LogP contribution < -0.4 is 0 Å². The van der Waals surface area contributed by atoms with Crippen LogP contribution in [-0.4, -0.2) is 25.4 Å². The van der Waals surface area contributed by atoms with Gasteiger partial charge in [-0.05, 0) is 55.4 Å². The molecule has 0 fully saturated rings. The molecule has 5 rings (SSSR count). The van der Waals surface area contributed by atoms with Gasteiger partial charge in [-0.25, -0.2) is 4.98 Å². The van der Waals surface area contributed by atoms with Gasteiger partial charge in [0.05, 0.1) is 28.5 Å². The zero-order chi connectivity index (χ0) is 18.8. The van der Waals surface area contributed by atoms with Gasteiger partial charge in [-0.1, -0.05) is 0 Å². The Morgan fingerprint density at radius 3 is 2.67 bits per heavy atom. The first-order chi connectivity index (χ1) is 12.9. The number of aromatic amines is 2. The summed E-state index contributed by atoms with van der Waals surface area (Å²) < 4.78 is 40.3. The smallest absolute Gasteiger partial charge is 0.284 e. The van der Waals surface area contributed by atoms with Gasteiger partial charge in [0.2, 0.25) is 0 Å². The van der Waals surface area contributed by atoms with Crippen molar-refractivity contribution in [2.75, 3.05) is 0 Å². The average Bonchev–Trinajstić information content (AvgIpc) is 3.30. The number of aromatic nitrogens is 5. The van der Waals surface area contributed by atoms with Crippen molar-refractivity contribution in [1.29, 1.82) is 0 Å². The highest BCUT2D eigenvalue weighted by Gasteiger charge is 2.38. The van der Waals surface area contributed by atoms with Crippen molar-refractivity contribution >= 4 is 21.8 Å². The maximum Gasteiger partial charge on any atom is 0.435 e. The van der Waals surface area contributed by atoms with Crippen LogP contribution in [0.1, 0.15) is 35.2 Å². The molecule has 0 saturated heterocycles. The molecule has 0 saturated carbocycles. The molecule has 3 heterocycles. The van der Waals surface area contributed by atoms with Crippen LogP contribution >= 0.6 is 0 Å². The average molecular weight is 371 g/mol. The molecule has 27 heavy (non-hydrogen) atoms. The number of H-pyrrole nitrogens is 2. The zero-order valence-corrected chi connectivity index (χ0v) is 14.5. The number of rotatable bonds is 1. The summed E-state index contributed by atoms with van der Waals surface area (Å²) in [4.78, 5) is 4.69. The Balaban J connectivity index is 1.90. The quantitative estimate of drug-likeness (QED) is 0.509. The number of fused-ring (bicyclic) bond motifs is 5. The van der Waals surface area contributed by atoms with Gasteiger partial charge in [0, 0.05) is 17.0 Å². The van der Waals surface area contributed by atoms with E-state index in [1.165, 1.54) is 6.20 Å². The SMILES string of the molecule is Cc1cc2nc(-c3c[nH]nc3C(F)(F)F)c3c(c2c2cn[nH]c12)CCCC3. The van der Waals surface area contributed by atoms with E-state index in [1.54, 1.807) is 6.20 Å². The summed E-state index contributed by atoms with van der Waals surface area (Å²) >= 11 is 0. The van der Waals surface area contributed by atoms with Crippen molar-refractivity contribution < 1.29 is 13.2 Å². The van der Waals surface area contributed by atoms with Crippen LogP contribution in [0.3, 0.4) is 0 Å². The number of aryl methyl sites for hydroxylation is 2. The van der Waals surface area contributed by atoms with E-state index in [9.17, 15) is 13.2 Å². The van der Waals surface area contributed by atoms with E-state index in [1.807, 2.05) is 13.0 Å². The minimum atomic E-state index is -4.53. The van der Waals surface area contributed by atoms with Gasteiger partial charge in [0.1, 0.15) is 0 Å². The van der Waals surface area contributed by atoms with E-state index in [0.29, 0.717) is 17.6 Å². The first-order valence-corrected chi connectivity index (χ1v) is 8.84. The van der Waals surface area contributed by atoms with Crippen LogP contribution in [0.25, 0.3) is 33.1 Å². The Labute approximate surface area is 152 Å². The molecule has 0 radical (unpaired) electrons. The van der Waals surface area contributed by atoms with Crippen LogP contribution in [0, 0.1) is 6.92 Å². The predicted molar refractivity (Wildman–Crippen MR) is 95.4 cm³/mol. The third-order valence-corrected chi connectivity index (χ3v) is 5.36. The number of nitrogens with zero attached hydrogens (tertiary/aromatic N) is 3. The summed E-state index contributed by atoms with van der Waals surface area (Å²) in [5.41, 5.74) is 4.09. The third-order valence-electron chi connectivity index (χ3n) is 5.36. The molecule has 0 spiro atoms. The lowest BCUT2D eigenvalue weighted by Gasteiger charge is -2.22. The summed E-state index contributed by atoms with van der Waals surface area (Å²) in [5.74, 6) is 0. The molecule has 1 aromatic carbocycles. The Hall–Kier alpha value is -2.90. The summed E-state index contributed by atoms with van der Waals surface area (Å²) in [7, 11) is 0. The van der Waals surface area contributed by atoms with Gasteiger partial charge in [0.15, 0.2) is 5.69 Å². The fourth-order valence-corrected chi connectivity index (χ4v) is 4.21. The maximum atomic E-state index is 13.4. The van der Waals surface area contributed by atoms with Gasteiger partial charge in [-0.15, -0.1) is 0 Å². The van der Waals surface area contributed by atoms with E-state index in [-0.39, 0.29) is 5.56 Å². The summed E-state index contributed by atoms with van der Waals surface area (Å²) in [6.45, 7) is 1.94. The van der Waals surface area contributed by atoms with Crippen molar-refractivity contribution in [3.63, 3.8) is 0 Å². The molecule has 3 aromatic heterocycles. The lowest BCUT2D eigenvalue weighted by Crippen LogP contribution is -2.11. The van der Waals surface area contributed by atoms with Crippen molar-refractivity contribution in [3.8, 4) is 11.3 Å². The highest BCUT2D eigenvalue weighted by atomic mass is 19.4. The Kier molecular flexibility index (Phi) is 3.35. The molecular weight excluding hydrogens is 355 g/mol. The largest absolute Gasteiger partial charge is 0.435 e. The molecule has 0 unspecified atom stereocenters. The molecule has 1 aliphatic carbocycles. The number of pyridine rings is 1. The minimum Gasteiger partial charge on any atom is -0.284 e. The predicted octanol–water partition coefficient (Wildman–Crippen LogP) is 4.71. The van der Waals surface area contributed by atoms with Crippen LogP contribution in [0.4, 0.5) is 13.2 Å². The van der Waals surface area contributed by atoms with Gasteiger partial charge in [-0.3, -0.25) is 10.2 Å². The fraction of sp³-hybridized carbons (Fsp3) is 0.316. The van der Waals surface area contributed by atoms with Gasteiger partial charge in [0.25, 0.3) is 0 Å². The molecule has 0 atom stereocenters. The van der Waals surface area contributed by atoms with Crippen molar-refractivity contribution in [2.24, 2.45) is 0 Å². The molecule has 5 nitrogen and oxygen atoms in total. The number of hydrogen-bond donors (Lipinski definition) is 2. The van der Waals surface area contributed by atoms with Gasteiger partial charge < -0.3 is 0 Å². The third kappa shape index (κ3) is 2.35. The molecule has 2 N–H and O–H groups in total. The number of hydrogen-bond acceptors (Lipinski definition) is 3. The summed E-state index contributed by atoms with van der Waals surface area (Å²) in [6, 6.07) is 1.92. The molecule has 0 bridgehead atoms. The number of benzene rings is 1. The first kappa shape index (κ1) is 16.3. The van der Waals surface area contributed by atoms with Crippen LogP contribution in [-0.2, 0) is 19.0 Å². The second-order valence-electron chi connectivity index (χ2n) is 7.02. The highest BCUT2D eigenvalue weighted by molar-refractivity contribution is 6.09. The maximum absolute atomic E-state index is 13.4. The van der Waals surface area contributed by atoms with Crippen LogP contribution in [0.5, 0.6) is 0 Å². The van der Waals surface area contributed by atoms with Gasteiger partial charge in [-0.2, -0.15) is 23.4 Å². The fourth-order valence-electron chi connectivity index (χ4n) is 4.21. The van der Waals surface area contributed by atoms with E-state index < -0.39 is 11.9 Å². The van der Waals surface area contributed by atoms with Crippen molar-refractivity contribution in [1.82, 2.24) is 25.4 Å². The zero-order valence-electron chi connectivity index (χ0n) is 14.5. The standard InChI is InChI=1S/C19H16F3N5/c1-9-6-14-15(12-7-23-26-16(9)12)10-4-2-3-5-11(10)17(25-14)13-8-24-27-18(13)19(20,21)22/h6-8H,2-5H2,1H3,(H,23,26)(H,24,27). The lowest BCUT2D eigenvalue weighted by atomic mass is 9.85. The molecule has 138 valence electrons. The second kappa shape index (κ2) is 5.55. The monoisotopic (exact) mass is 371 g/mol. The molecule has 0 aliphatic heterocycles. The van der Waals surface area contributed by atoms with Crippen molar-refractivity contribution in [2.45, 2.75) is 38.8 Å². The van der Waals surface area contributed by atoms with Gasteiger partial charge >= 0.3 is 6.18 Å². The second-order valence-corrected chi connectivity index (χ2v) is 7.02. The topological polar surface area (TPSA) is 70.2 Å². The van der Waals surface area contributed by atoms with Crippen molar-refractivity contribution in [3.05, 3.63) is 40.8 Å². The normalized spacial score (nSPS) is 14.8. The Bertz CT molecular complexity index is 1190. The number of halogens is 3. The van der Waals surface area contributed by atoms with E-state index in [2.05, 4.69) is 20.4 Å². The molecular formula is C19H16F3N5. The number of nitrogens with one attached hydrogen (secondary N) is 2. The molecule has 8 heteroatoms. The molecule has 0 amide bonds. The van der Waals surface area contributed by atoms with E-state index in [4.69, 9.17) is 4.98 Å². The van der Waals surface area contributed by atoms with Crippen LogP contribution in [0.2, 0.25) is 0 Å². The number of alkyl halides is 3. The highest BCUT2D eigenvalue weighted by Crippen LogP contribution is 2.41. The summed E-state index contributed by atoms with van der Waals surface area (Å²) in [5, 5.41) is 15.0.